The molecule has 1 fully saturated rings. The number of hydrogen-bond donors (Lipinski definition) is 2. The average molecular weight is 267 g/mol. The Hall–Kier alpha value is -1.23. The van der Waals surface area contributed by atoms with Gasteiger partial charge in [-0.15, -0.1) is 0 Å². The normalized spacial score (nSPS) is 18.9. The first-order chi connectivity index (χ1) is 9.14. The highest BCUT2D eigenvalue weighted by Crippen LogP contribution is 2.27. The Bertz CT molecular complexity index is 417. The third-order valence-electron chi connectivity index (χ3n) is 3.82. The van der Waals surface area contributed by atoms with E-state index in [0.29, 0.717) is 18.7 Å². The van der Waals surface area contributed by atoms with Gasteiger partial charge in [-0.05, 0) is 19.3 Å². The summed E-state index contributed by atoms with van der Waals surface area (Å²) < 4.78 is 14.0. The standard InChI is InChI=1S/C14H22FN3O/c1-2-11-12(15)13(18-10-17-11)16-9-14(19)7-5-3-4-6-8-14/h10,19H,2-9H2,1H3,(H,16,17,18). The van der Waals surface area contributed by atoms with E-state index in [1.807, 2.05) is 6.92 Å². The monoisotopic (exact) mass is 267 g/mol. The highest BCUT2D eigenvalue weighted by molar-refractivity contribution is 5.37. The summed E-state index contributed by atoms with van der Waals surface area (Å²) in [5.41, 5.74) is -0.328. The van der Waals surface area contributed by atoms with Gasteiger partial charge in [0.2, 0.25) is 0 Å². The summed E-state index contributed by atoms with van der Waals surface area (Å²) in [7, 11) is 0. The zero-order valence-electron chi connectivity index (χ0n) is 11.5. The molecule has 0 radical (unpaired) electrons. The van der Waals surface area contributed by atoms with Gasteiger partial charge < -0.3 is 10.4 Å². The lowest BCUT2D eigenvalue weighted by Crippen LogP contribution is -2.36. The fraction of sp³-hybridized carbons (Fsp3) is 0.714. The molecule has 106 valence electrons. The maximum absolute atomic E-state index is 14.0. The lowest BCUT2D eigenvalue weighted by molar-refractivity contribution is 0.0380. The zero-order valence-corrected chi connectivity index (χ0v) is 11.5. The Balaban J connectivity index is 2.01. The van der Waals surface area contributed by atoms with Crippen molar-refractivity contribution in [2.24, 2.45) is 0 Å². The second kappa shape index (κ2) is 6.28. The van der Waals surface area contributed by atoms with Crippen molar-refractivity contribution in [3.05, 3.63) is 17.8 Å². The van der Waals surface area contributed by atoms with Crippen LogP contribution in [-0.2, 0) is 6.42 Å². The SMILES string of the molecule is CCc1ncnc(NCC2(O)CCCCCC2)c1F. The molecule has 1 aliphatic rings. The molecule has 0 spiro atoms. The third kappa shape index (κ3) is 3.62. The fourth-order valence-electron chi connectivity index (χ4n) is 2.59. The van der Waals surface area contributed by atoms with Crippen LogP contribution < -0.4 is 5.32 Å². The lowest BCUT2D eigenvalue weighted by atomic mass is 9.94. The summed E-state index contributed by atoms with van der Waals surface area (Å²) in [6, 6.07) is 0. The number of aryl methyl sites for hydroxylation is 1. The fourth-order valence-corrected chi connectivity index (χ4v) is 2.59. The topological polar surface area (TPSA) is 58.0 Å². The van der Waals surface area contributed by atoms with E-state index in [-0.39, 0.29) is 5.82 Å². The molecule has 1 aromatic heterocycles. The summed E-state index contributed by atoms with van der Waals surface area (Å²) in [6.07, 6.45) is 7.85. The molecule has 0 atom stereocenters. The van der Waals surface area contributed by atoms with E-state index >= 15 is 0 Å². The molecule has 0 saturated heterocycles. The van der Waals surface area contributed by atoms with Gasteiger partial charge in [0, 0.05) is 6.54 Å². The lowest BCUT2D eigenvalue weighted by Gasteiger charge is -2.27. The quantitative estimate of drug-likeness (QED) is 0.823. The van der Waals surface area contributed by atoms with Crippen LogP contribution in [0.4, 0.5) is 10.2 Å². The average Bonchev–Trinajstić information content (AvgIpc) is 2.63. The molecule has 1 saturated carbocycles. The van der Waals surface area contributed by atoms with Gasteiger partial charge in [0.05, 0.1) is 11.3 Å². The van der Waals surface area contributed by atoms with Gasteiger partial charge in [0.25, 0.3) is 0 Å². The van der Waals surface area contributed by atoms with Crippen molar-refractivity contribution >= 4 is 5.82 Å². The van der Waals surface area contributed by atoms with Crippen LogP contribution in [0.1, 0.15) is 51.1 Å². The summed E-state index contributed by atoms with van der Waals surface area (Å²) >= 11 is 0. The van der Waals surface area contributed by atoms with E-state index in [4.69, 9.17) is 0 Å². The van der Waals surface area contributed by atoms with E-state index < -0.39 is 11.4 Å². The first kappa shape index (κ1) is 14.2. The molecule has 1 heterocycles. The largest absolute Gasteiger partial charge is 0.388 e. The summed E-state index contributed by atoms with van der Waals surface area (Å²) in [5.74, 6) is -0.202. The van der Waals surface area contributed by atoms with Crippen LogP contribution >= 0.6 is 0 Å². The molecule has 1 aromatic rings. The highest BCUT2D eigenvalue weighted by Gasteiger charge is 2.28. The minimum atomic E-state index is -0.736. The Morgan fingerprint density at radius 1 is 1.26 bits per heavy atom. The van der Waals surface area contributed by atoms with Crippen LogP contribution in [0.25, 0.3) is 0 Å². The molecule has 1 aliphatic carbocycles. The molecule has 0 aliphatic heterocycles. The second-order valence-electron chi connectivity index (χ2n) is 5.33. The predicted molar refractivity (Wildman–Crippen MR) is 72.5 cm³/mol. The van der Waals surface area contributed by atoms with Crippen LogP contribution in [0.15, 0.2) is 6.33 Å². The highest BCUT2D eigenvalue weighted by atomic mass is 19.1. The third-order valence-corrected chi connectivity index (χ3v) is 3.82. The molecular formula is C14H22FN3O. The minimum absolute atomic E-state index is 0.199. The van der Waals surface area contributed by atoms with Crippen molar-refractivity contribution in [3.63, 3.8) is 0 Å². The molecule has 2 N–H and O–H groups in total. The first-order valence-electron chi connectivity index (χ1n) is 7.10. The summed E-state index contributed by atoms with van der Waals surface area (Å²) in [4.78, 5) is 7.81. The Morgan fingerprint density at radius 3 is 2.58 bits per heavy atom. The Kier molecular flexibility index (Phi) is 4.69. The first-order valence-corrected chi connectivity index (χ1v) is 7.10. The van der Waals surface area contributed by atoms with Crippen molar-refractivity contribution in [1.82, 2.24) is 9.97 Å². The van der Waals surface area contributed by atoms with E-state index in [1.165, 1.54) is 19.2 Å². The summed E-state index contributed by atoms with van der Waals surface area (Å²) in [5, 5.41) is 13.5. The van der Waals surface area contributed by atoms with Crippen LogP contribution in [0.3, 0.4) is 0 Å². The van der Waals surface area contributed by atoms with Crippen LogP contribution in [0.5, 0.6) is 0 Å². The Morgan fingerprint density at radius 2 is 1.95 bits per heavy atom. The molecule has 0 aromatic carbocycles. The number of aliphatic hydroxyl groups is 1. The number of nitrogens with zero attached hydrogens (tertiary/aromatic N) is 2. The van der Waals surface area contributed by atoms with Crippen LogP contribution in [0.2, 0.25) is 0 Å². The van der Waals surface area contributed by atoms with Crippen LogP contribution in [0, 0.1) is 5.82 Å². The van der Waals surface area contributed by atoms with E-state index in [1.54, 1.807) is 0 Å². The van der Waals surface area contributed by atoms with Gasteiger partial charge in [0.15, 0.2) is 11.6 Å². The molecule has 0 bridgehead atoms. The van der Waals surface area contributed by atoms with Gasteiger partial charge in [-0.25, -0.2) is 14.4 Å². The van der Waals surface area contributed by atoms with Gasteiger partial charge in [-0.3, -0.25) is 0 Å². The van der Waals surface area contributed by atoms with E-state index in [0.717, 1.165) is 25.7 Å². The van der Waals surface area contributed by atoms with Crippen molar-refractivity contribution < 1.29 is 9.50 Å². The zero-order chi connectivity index (χ0) is 13.7. The molecule has 0 amide bonds. The Labute approximate surface area is 113 Å². The number of hydrogen-bond acceptors (Lipinski definition) is 4. The minimum Gasteiger partial charge on any atom is -0.388 e. The maximum Gasteiger partial charge on any atom is 0.186 e. The number of nitrogens with one attached hydrogen (secondary N) is 1. The van der Waals surface area contributed by atoms with Gasteiger partial charge in [-0.2, -0.15) is 0 Å². The van der Waals surface area contributed by atoms with Crippen molar-refractivity contribution in [2.45, 2.75) is 57.5 Å². The predicted octanol–water partition coefficient (Wildman–Crippen LogP) is 2.68. The van der Waals surface area contributed by atoms with Gasteiger partial charge in [-0.1, -0.05) is 32.6 Å². The smallest absolute Gasteiger partial charge is 0.186 e. The molecule has 19 heavy (non-hydrogen) atoms. The van der Waals surface area contributed by atoms with Crippen molar-refractivity contribution in [2.75, 3.05) is 11.9 Å². The van der Waals surface area contributed by atoms with Crippen molar-refractivity contribution in [1.29, 1.82) is 0 Å². The molecule has 2 rings (SSSR count). The molecule has 5 heteroatoms. The molecular weight excluding hydrogens is 245 g/mol. The van der Waals surface area contributed by atoms with Crippen LogP contribution in [-0.4, -0.2) is 27.2 Å². The number of rotatable bonds is 4. The second-order valence-corrected chi connectivity index (χ2v) is 5.33. The van der Waals surface area contributed by atoms with E-state index in [9.17, 15) is 9.50 Å². The van der Waals surface area contributed by atoms with Gasteiger partial charge >= 0.3 is 0 Å². The van der Waals surface area contributed by atoms with Gasteiger partial charge in [0.1, 0.15) is 6.33 Å². The number of aromatic nitrogens is 2. The molecule has 4 nitrogen and oxygen atoms in total. The maximum atomic E-state index is 14.0. The van der Waals surface area contributed by atoms with Crippen molar-refractivity contribution in [3.8, 4) is 0 Å². The number of anilines is 1. The van der Waals surface area contributed by atoms with E-state index in [2.05, 4.69) is 15.3 Å². The number of halogens is 1. The summed E-state index contributed by atoms with van der Waals surface area (Å²) in [6.45, 7) is 2.21. The molecule has 0 unspecified atom stereocenters.